The van der Waals surface area contributed by atoms with Gasteiger partial charge in [0.05, 0.1) is 19.9 Å². The van der Waals surface area contributed by atoms with E-state index in [0.29, 0.717) is 42.4 Å². The summed E-state index contributed by atoms with van der Waals surface area (Å²) < 4.78 is 10.9. The number of aryl methyl sites for hydroxylation is 1. The molecule has 8 nitrogen and oxygen atoms in total. The molecule has 3 aliphatic rings. The van der Waals surface area contributed by atoms with E-state index in [-0.39, 0.29) is 29.2 Å². The molecule has 2 aliphatic carbocycles. The molecule has 2 aromatic carbocycles. The summed E-state index contributed by atoms with van der Waals surface area (Å²) >= 11 is 0. The van der Waals surface area contributed by atoms with Gasteiger partial charge in [-0.05, 0) is 80.7 Å². The number of piperidine rings is 1. The maximum atomic E-state index is 14.5. The Balaban J connectivity index is 1.29. The fraction of sp³-hybridized carbons (Fsp3) is 0.529. The zero-order valence-electron chi connectivity index (χ0n) is 25.8. The molecular weight excluding hydrogens is 528 g/mol. The smallest absolute Gasteiger partial charge is 0.250 e. The highest BCUT2D eigenvalue weighted by Gasteiger charge is 2.61. The number of hydrogen-bond donors (Lipinski definition) is 2. The van der Waals surface area contributed by atoms with Crippen molar-refractivity contribution in [3.8, 4) is 11.5 Å². The van der Waals surface area contributed by atoms with Gasteiger partial charge in [0.15, 0.2) is 0 Å². The second-order valence-corrected chi connectivity index (χ2v) is 13.2. The highest BCUT2D eigenvalue weighted by atomic mass is 16.5. The third-order valence-corrected chi connectivity index (χ3v) is 10.2. The van der Waals surface area contributed by atoms with Crippen molar-refractivity contribution in [2.75, 3.05) is 39.7 Å². The largest absolute Gasteiger partial charge is 0.497 e. The lowest BCUT2D eigenvalue weighted by atomic mass is 9.83. The molecule has 3 aromatic rings. The van der Waals surface area contributed by atoms with Gasteiger partial charge in [0, 0.05) is 48.2 Å². The maximum absolute atomic E-state index is 14.5. The molecule has 8 heteroatoms. The standard InChI is InChI=1S/C34H44N4O4/c1-21-30(24-9-7-8-10-26(24)35-21)31-25(33(31,2)3)20-29(39)38(22-11-12-22)34(15-17-37(4)18-16-34)32(40)36-27-14-13-23(41-5)19-28(27)42-6/h7-10,13-14,19,22,25,31,35H,11-12,15-18,20H2,1-6H3,(H,36,40). The molecule has 2 heterocycles. The van der Waals surface area contributed by atoms with Crippen LogP contribution in [0.3, 0.4) is 0 Å². The Hall–Kier alpha value is -3.52. The molecule has 42 heavy (non-hydrogen) atoms. The Labute approximate surface area is 248 Å². The molecule has 1 saturated heterocycles. The first-order valence-corrected chi connectivity index (χ1v) is 15.2. The number of carbonyl (C=O) groups excluding carboxylic acids is 2. The number of rotatable bonds is 9. The van der Waals surface area contributed by atoms with Gasteiger partial charge in [-0.25, -0.2) is 0 Å². The van der Waals surface area contributed by atoms with Crippen LogP contribution in [0.15, 0.2) is 42.5 Å². The minimum atomic E-state index is -0.902. The summed E-state index contributed by atoms with van der Waals surface area (Å²) in [6.07, 6.45) is 3.55. The van der Waals surface area contributed by atoms with Gasteiger partial charge in [-0.15, -0.1) is 0 Å². The molecule has 3 fully saturated rings. The second kappa shape index (κ2) is 10.6. The third kappa shape index (κ3) is 4.83. The minimum Gasteiger partial charge on any atom is -0.497 e. The summed E-state index contributed by atoms with van der Waals surface area (Å²) in [5.41, 5.74) is 3.35. The zero-order valence-corrected chi connectivity index (χ0v) is 25.8. The van der Waals surface area contributed by atoms with E-state index in [1.165, 1.54) is 16.6 Å². The number of hydrogen-bond acceptors (Lipinski definition) is 5. The van der Waals surface area contributed by atoms with Crippen LogP contribution in [-0.2, 0) is 9.59 Å². The zero-order chi connectivity index (χ0) is 29.8. The first-order chi connectivity index (χ1) is 20.1. The number of anilines is 1. The van der Waals surface area contributed by atoms with Crippen LogP contribution in [0.2, 0.25) is 0 Å². The van der Waals surface area contributed by atoms with E-state index in [9.17, 15) is 9.59 Å². The summed E-state index contributed by atoms with van der Waals surface area (Å²) in [5, 5.41) is 4.42. The van der Waals surface area contributed by atoms with Crippen LogP contribution in [0.5, 0.6) is 11.5 Å². The number of nitrogens with one attached hydrogen (secondary N) is 2. The molecule has 6 rings (SSSR count). The molecule has 1 aromatic heterocycles. The number of aromatic nitrogens is 1. The lowest BCUT2D eigenvalue weighted by molar-refractivity contribution is -0.150. The van der Waals surface area contributed by atoms with E-state index in [0.717, 1.165) is 31.4 Å². The van der Waals surface area contributed by atoms with Crippen LogP contribution in [0.4, 0.5) is 5.69 Å². The van der Waals surface area contributed by atoms with Gasteiger partial charge in [0.1, 0.15) is 17.0 Å². The average molecular weight is 573 g/mol. The van der Waals surface area contributed by atoms with Crippen LogP contribution >= 0.6 is 0 Å². The lowest BCUT2D eigenvalue weighted by Gasteiger charge is -2.47. The van der Waals surface area contributed by atoms with Crippen molar-refractivity contribution >= 4 is 28.4 Å². The number of amides is 2. The van der Waals surface area contributed by atoms with E-state index in [1.807, 2.05) is 17.0 Å². The Morgan fingerprint density at radius 3 is 2.45 bits per heavy atom. The topological polar surface area (TPSA) is 86.9 Å². The Morgan fingerprint density at radius 1 is 1.07 bits per heavy atom. The number of para-hydroxylation sites is 1. The second-order valence-electron chi connectivity index (χ2n) is 13.2. The molecule has 2 amide bonds. The Morgan fingerprint density at radius 2 is 1.79 bits per heavy atom. The van der Waals surface area contributed by atoms with Crippen LogP contribution < -0.4 is 14.8 Å². The fourth-order valence-corrected chi connectivity index (χ4v) is 7.51. The van der Waals surface area contributed by atoms with E-state index >= 15 is 0 Å². The van der Waals surface area contributed by atoms with E-state index < -0.39 is 5.54 Å². The molecule has 0 spiro atoms. The van der Waals surface area contributed by atoms with Crippen molar-refractivity contribution in [3.05, 3.63) is 53.7 Å². The van der Waals surface area contributed by atoms with Crippen molar-refractivity contribution in [1.29, 1.82) is 0 Å². The molecular formula is C34H44N4O4. The van der Waals surface area contributed by atoms with Gasteiger partial charge in [-0.1, -0.05) is 32.0 Å². The van der Waals surface area contributed by atoms with Gasteiger partial charge >= 0.3 is 0 Å². The monoisotopic (exact) mass is 572 g/mol. The van der Waals surface area contributed by atoms with Gasteiger partial charge in [0.2, 0.25) is 5.91 Å². The molecule has 1 aliphatic heterocycles. The molecule has 2 N–H and O–H groups in total. The number of benzene rings is 2. The number of fused-ring (bicyclic) bond motifs is 1. The van der Waals surface area contributed by atoms with Gasteiger partial charge < -0.3 is 29.6 Å². The number of carbonyl (C=O) groups is 2. The van der Waals surface area contributed by atoms with Crippen molar-refractivity contribution in [1.82, 2.24) is 14.8 Å². The first kappa shape index (κ1) is 28.6. The van der Waals surface area contributed by atoms with Crippen molar-refractivity contribution in [3.63, 3.8) is 0 Å². The summed E-state index contributed by atoms with van der Waals surface area (Å²) in [7, 11) is 5.27. The van der Waals surface area contributed by atoms with Gasteiger partial charge in [-0.3, -0.25) is 9.59 Å². The van der Waals surface area contributed by atoms with Crippen molar-refractivity contribution < 1.29 is 19.1 Å². The van der Waals surface area contributed by atoms with E-state index in [2.05, 4.69) is 67.3 Å². The highest BCUT2D eigenvalue weighted by molar-refractivity contribution is 6.02. The average Bonchev–Trinajstić information content (AvgIpc) is 3.86. The number of nitrogens with zero attached hydrogens (tertiary/aromatic N) is 2. The highest BCUT2D eigenvalue weighted by Crippen LogP contribution is 2.67. The predicted octanol–water partition coefficient (Wildman–Crippen LogP) is 5.72. The number of ether oxygens (including phenoxy) is 2. The molecule has 2 saturated carbocycles. The van der Waals surface area contributed by atoms with Crippen LogP contribution in [0.1, 0.15) is 63.1 Å². The number of likely N-dealkylation sites (tertiary alicyclic amines) is 1. The summed E-state index contributed by atoms with van der Waals surface area (Å²) in [4.78, 5) is 36.6. The SMILES string of the molecule is COc1ccc(NC(=O)C2(N(C(=O)CC3C(c4c(C)[nH]c5ccccc45)C3(C)C)C3CC3)CCN(C)CC2)c(OC)c1. The predicted molar refractivity (Wildman–Crippen MR) is 165 cm³/mol. The third-order valence-electron chi connectivity index (χ3n) is 10.2. The van der Waals surface area contributed by atoms with Crippen LogP contribution in [0, 0.1) is 18.3 Å². The normalized spacial score (nSPS) is 22.9. The molecule has 224 valence electrons. The lowest BCUT2D eigenvalue weighted by Crippen LogP contribution is -2.64. The summed E-state index contributed by atoms with van der Waals surface area (Å²) in [5.74, 6) is 1.68. The van der Waals surface area contributed by atoms with E-state index in [1.54, 1.807) is 20.3 Å². The van der Waals surface area contributed by atoms with Gasteiger partial charge in [-0.2, -0.15) is 0 Å². The van der Waals surface area contributed by atoms with E-state index in [4.69, 9.17) is 9.47 Å². The minimum absolute atomic E-state index is 0.000723. The maximum Gasteiger partial charge on any atom is 0.250 e. The summed E-state index contributed by atoms with van der Waals surface area (Å²) in [6.45, 7) is 8.23. The van der Waals surface area contributed by atoms with Crippen LogP contribution in [0.25, 0.3) is 10.9 Å². The molecule has 0 radical (unpaired) electrons. The van der Waals surface area contributed by atoms with Crippen molar-refractivity contribution in [2.24, 2.45) is 11.3 Å². The molecule has 2 atom stereocenters. The summed E-state index contributed by atoms with van der Waals surface area (Å²) in [6, 6.07) is 13.9. The van der Waals surface area contributed by atoms with Crippen molar-refractivity contribution in [2.45, 2.75) is 70.4 Å². The molecule has 2 unspecified atom stereocenters. The fourth-order valence-electron chi connectivity index (χ4n) is 7.51. The van der Waals surface area contributed by atoms with Crippen LogP contribution in [-0.4, -0.2) is 72.5 Å². The number of aromatic amines is 1. The first-order valence-electron chi connectivity index (χ1n) is 15.2. The van der Waals surface area contributed by atoms with Gasteiger partial charge in [0.25, 0.3) is 5.91 Å². The number of methoxy groups -OCH3 is 2. The Kier molecular flexibility index (Phi) is 7.24. The Bertz CT molecular complexity index is 1500. The number of H-pyrrole nitrogens is 1. The molecule has 0 bridgehead atoms. The quantitative estimate of drug-likeness (QED) is 0.343.